The van der Waals surface area contributed by atoms with Crippen molar-refractivity contribution in [1.29, 1.82) is 0 Å². The van der Waals surface area contributed by atoms with Crippen molar-refractivity contribution in [3.8, 4) is 0 Å². The SMILES string of the molecule is CC(C)NC(=O)[C@@H]1CCCN(S(=O)(=O)Cc2ccc(Cl)cc2)C1. The summed E-state index contributed by atoms with van der Waals surface area (Å²) in [7, 11) is -3.43. The Morgan fingerprint density at radius 1 is 1.35 bits per heavy atom. The van der Waals surface area contributed by atoms with E-state index < -0.39 is 10.0 Å². The summed E-state index contributed by atoms with van der Waals surface area (Å²) >= 11 is 5.82. The highest BCUT2D eigenvalue weighted by molar-refractivity contribution is 7.88. The number of nitrogens with zero attached hydrogens (tertiary/aromatic N) is 1. The van der Waals surface area contributed by atoms with Crippen LogP contribution in [0.25, 0.3) is 0 Å². The van der Waals surface area contributed by atoms with Crippen LogP contribution in [0.5, 0.6) is 0 Å². The first kappa shape index (κ1) is 18.2. The second-order valence-electron chi connectivity index (χ2n) is 6.24. The van der Waals surface area contributed by atoms with Crippen LogP contribution in [0, 0.1) is 5.92 Å². The number of piperidine rings is 1. The topological polar surface area (TPSA) is 66.5 Å². The molecule has 1 aliphatic rings. The molecule has 0 aromatic heterocycles. The molecule has 0 saturated carbocycles. The first-order valence-electron chi connectivity index (χ1n) is 7.80. The van der Waals surface area contributed by atoms with Crippen molar-refractivity contribution in [2.75, 3.05) is 13.1 Å². The Hall–Kier alpha value is -1.11. The molecule has 5 nitrogen and oxygen atoms in total. The predicted molar refractivity (Wildman–Crippen MR) is 91.7 cm³/mol. The monoisotopic (exact) mass is 358 g/mol. The molecule has 1 aromatic carbocycles. The number of benzene rings is 1. The third-order valence-corrected chi connectivity index (χ3v) is 5.91. The molecular weight excluding hydrogens is 336 g/mol. The van der Waals surface area contributed by atoms with Gasteiger partial charge in [0.25, 0.3) is 0 Å². The predicted octanol–water partition coefficient (Wildman–Crippen LogP) is 2.41. The highest BCUT2D eigenvalue weighted by Gasteiger charge is 2.32. The van der Waals surface area contributed by atoms with Gasteiger partial charge in [0.05, 0.1) is 11.7 Å². The fourth-order valence-corrected chi connectivity index (χ4v) is 4.43. The zero-order valence-corrected chi connectivity index (χ0v) is 15.0. The van der Waals surface area contributed by atoms with E-state index in [1.54, 1.807) is 24.3 Å². The summed E-state index contributed by atoms with van der Waals surface area (Å²) in [4.78, 5) is 12.1. The van der Waals surface area contributed by atoms with Gasteiger partial charge in [-0.2, -0.15) is 0 Å². The van der Waals surface area contributed by atoms with Gasteiger partial charge >= 0.3 is 0 Å². The third-order valence-electron chi connectivity index (χ3n) is 3.84. The number of carbonyl (C=O) groups excluding carboxylic acids is 1. The maximum atomic E-state index is 12.6. The molecule has 1 aliphatic heterocycles. The summed E-state index contributed by atoms with van der Waals surface area (Å²) in [6, 6.07) is 6.85. The molecule has 0 spiro atoms. The summed E-state index contributed by atoms with van der Waals surface area (Å²) in [5, 5.41) is 3.44. The van der Waals surface area contributed by atoms with Crippen LogP contribution in [0.4, 0.5) is 0 Å². The van der Waals surface area contributed by atoms with E-state index in [2.05, 4.69) is 5.32 Å². The number of sulfonamides is 1. The van der Waals surface area contributed by atoms with E-state index in [0.717, 1.165) is 6.42 Å². The van der Waals surface area contributed by atoms with Gasteiger partial charge in [0.2, 0.25) is 15.9 Å². The van der Waals surface area contributed by atoms with E-state index in [9.17, 15) is 13.2 Å². The average Bonchev–Trinajstić information content (AvgIpc) is 2.49. The van der Waals surface area contributed by atoms with Crippen LogP contribution in [-0.2, 0) is 20.6 Å². The van der Waals surface area contributed by atoms with Crippen LogP contribution in [0.3, 0.4) is 0 Å². The number of nitrogens with one attached hydrogen (secondary N) is 1. The van der Waals surface area contributed by atoms with Crippen molar-refractivity contribution < 1.29 is 13.2 Å². The molecule has 1 saturated heterocycles. The molecule has 1 aromatic rings. The van der Waals surface area contributed by atoms with Gasteiger partial charge in [-0.05, 0) is 44.4 Å². The number of carbonyl (C=O) groups is 1. The van der Waals surface area contributed by atoms with Crippen molar-refractivity contribution in [1.82, 2.24) is 9.62 Å². The van der Waals surface area contributed by atoms with Crippen molar-refractivity contribution in [3.05, 3.63) is 34.9 Å². The molecule has 7 heteroatoms. The number of halogens is 1. The molecule has 1 atom stereocenters. The minimum Gasteiger partial charge on any atom is -0.354 e. The van der Waals surface area contributed by atoms with E-state index in [-0.39, 0.29) is 30.2 Å². The van der Waals surface area contributed by atoms with Crippen molar-refractivity contribution in [2.24, 2.45) is 5.92 Å². The molecule has 0 unspecified atom stereocenters. The third kappa shape index (κ3) is 5.19. The molecule has 128 valence electrons. The van der Waals surface area contributed by atoms with Crippen LogP contribution in [-0.4, -0.2) is 37.8 Å². The lowest BCUT2D eigenvalue weighted by Crippen LogP contribution is -2.46. The lowest BCUT2D eigenvalue weighted by molar-refractivity contribution is -0.126. The smallest absolute Gasteiger partial charge is 0.224 e. The Balaban J connectivity index is 2.04. The molecule has 0 bridgehead atoms. The average molecular weight is 359 g/mol. The number of hydrogen-bond donors (Lipinski definition) is 1. The lowest BCUT2D eigenvalue weighted by atomic mass is 9.98. The minimum atomic E-state index is -3.43. The largest absolute Gasteiger partial charge is 0.354 e. The molecule has 0 radical (unpaired) electrons. The fourth-order valence-electron chi connectivity index (χ4n) is 2.69. The summed E-state index contributed by atoms with van der Waals surface area (Å²) in [5.41, 5.74) is 0.697. The van der Waals surface area contributed by atoms with E-state index in [0.29, 0.717) is 23.6 Å². The Bertz CT molecular complexity index is 644. The number of amides is 1. The zero-order valence-electron chi connectivity index (χ0n) is 13.5. The van der Waals surface area contributed by atoms with Gasteiger partial charge in [-0.1, -0.05) is 23.7 Å². The van der Waals surface area contributed by atoms with E-state index in [1.807, 2.05) is 13.8 Å². The first-order valence-corrected chi connectivity index (χ1v) is 9.79. The maximum absolute atomic E-state index is 12.6. The molecule has 2 rings (SSSR count). The zero-order chi connectivity index (χ0) is 17.0. The maximum Gasteiger partial charge on any atom is 0.224 e. The fraction of sp³-hybridized carbons (Fsp3) is 0.562. The van der Waals surface area contributed by atoms with Crippen molar-refractivity contribution >= 4 is 27.5 Å². The second kappa shape index (κ2) is 7.64. The minimum absolute atomic E-state index is 0.0588. The van der Waals surface area contributed by atoms with Crippen LogP contribution >= 0.6 is 11.6 Å². The Kier molecular flexibility index (Phi) is 6.06. The molecule has 1 heterocycles. The quantitative estimate of drug-likeness (QED) is 0.878. The van der Waals surface area contributed by atoms with Gasteiger partial charge in [-0.15, -0.1) is 0 Å². The van der Waals surface area contributed by atoms with E-state index in [1.165, 1.54) is 4.31 Å². The van der Waals surface area contributed by atoms with E-state index in [4.69, 9.17) is 11.6 Å². The van der Waals surface area contributed by atoms with Gasteiger partial charge in [-0.3, -0.25) is 4.79 Å². The Labute approximate surface area is 143 Å². The van der Waals surface area contributed by atoms with E-state index >= 15 is 0 Å². The van der Waals surface area contributed by atoms with Crippen molar-refractivity contribution in [3.63, 3.8) is 0 Å². The summed E-state index contributed by atoms with van der Waals surface area (Å²) in [6.45, 7) is 4.53. The summed E-state index contributed by atoms with van der Waals surface area (Å²) in [6.07, 6.45) is 1.43. The van der Waals surface area contributed by atoms with Crippen LogP contribution in [0.15, 0.2) is 24.3 Å². The highest BCUT2D eigenvalue weighted by atomic mass is 35.5. The highest BCUT2D eigenvalue weighted by Crippen LogP contribution is 2.22. The number of rotatable bonds is 5. The second-order valence-corrected chi connectivity index (χ2v) is 8.65. The van der Waals surface area contributed by atoms with Gasteiger partial charge in [0.15, 0.2) is 0 Å². The molecular formula is C16H23ClN2O3S. The molecule has 1 fully saturated rings. The van der Waals surface area contributed by atoms with Gasteiger partial charge in [0, 0.05) is 24.2 Å². The summed E-state index contributed by atoms with van der Waals surface area (Å²) in [5.74, 6) is -0.402. The summed E-state index contributed by atoms with van der Waals surface area (Å²) < 4.78 is 26.6. The normalized spacial score (nSPS) is 19.7. The van der Waals surface area contributed by atoms with Gasteiger partial charge in [0.1, 0.15) is 0 Å². The Morgan fingerprint density at radius 2 is 2.00 bits per heavy atom. The van der Waals surface area contributed by atoms with Crippen LogP contribution < -0.4 is 5.32 Å². The van der Waals surface area contributed by atoms with Crippen LogP contribution in [0.1, 0.15) is 32.3 Å². The molecule has 0 aliphatic carbocycles. The van der Waals surface area contributed by atoms with Crippen LogP contribution in [0.2, 0.25) is 5.02 Å². The Morgan fingerprint density at radius 3 is 2.61 bits per heavy atom. The molecule has 1 N–H and O–H groups in total. The standard InChI is InChI=1S/C16H23ClN2O3S/c1-12(2)18-16(20)14-4-3-9-19(10-14)23(21,22)11-13-5-7-15(17)8-6-13/h5-8,12,14H,3-4,9-11H2,1-2H3,(H,18,20)/t14-/m1/s1. The number of hydrogen-bond acceptors (Lipinski definition) is 3. The first-order chi connectivity index (χ1) is 10.8. The molecule has 23 heavy (non-hydrogen) atoms. The lowest BCUT2D eigenvalue weighted by Gasteiger charge is -2.31. The van der Waals surface area contributed by atoms with Crippen molar-refractivity contribution in [2.45, 2.75) is 38.5 Å². The van der Waals surface area contributed by atoms with Gasteiger partial charge in [-0.25, -0.2) is 12.7 Å². The molecule has 1 amide bonds. The van der Waals surface area contributed by atoms with Gasteiger partial charge < -0.3 is 5.32 Å².